The molecule has 1 saturated heterocycles. The number of benzene rings is 1. The third-order valence-electron chi connectivity index (χ3n) is 2.39. The summed E-state index contributed by atoms with van der Waals surface area (Å²) >= 11 is 4.02. The summed E-state index contributed by atoms with van der Waals surface area (Å²) in [6.45, 7) is 0. The second-order valence-electron chi connectivity index (χ2n) is 3.84. The summed E-state index contributed by atoms with van der Waals surface area (Å²) in [5, 5.41) is 19.4. The Morgan fingerprint density at radius 1 is 1.43 bits per heavy atom. The van der Waals surface area contributed by atoms with Gasteiger partial charge in [-0.15, -0.1) is 5.10 Å². The Kier molecular flexibility index (Phi) is 4.57. The Bertz CT molecular complexity index is 646. The van der Waals surface area contributed by atoms with E-state index >= 15 is 0 Å². The molecule has 0 aromatic heterocycles. The fraction of sp³-hybridized carbons (Fsp3) is 0.182. The number of rotatable bonds is 2. The molecule has 21 heavy (non-hydrogen) atoms. The van der Waals surface area contributed by atoms with Gasteiger partial charge in [-0.2, -0.15) is 18.3 Å². The normalized spacial score (nSPS) is 17.7. The smallest absolute Gasteiger partial charge is 0.417 e. The Balaban J connectivity index is 2.34. The number of carbonyl (C=O) groups excluding carboxylic acids is 1. The molecule has 0 spiro atoms. The quantitative estimate of drug-likeness (QED) is 0.610. The second-order valence-corrected chi connectivity index (χ2v) is 5.66. The molecule has 0 unspecified atom stereocenters. The van der Waals surface area contributed by atoms with E-state index < -0.39 is 23.1 Å². The van der Waals surface area contributed by atoms with Crippen molar-refractivity contribution in [2.24, 2.45) is 10.2 Å². The van der Waals surface area contributed by atoms with Crippen molar-refractivity contribution >= 4 is 45.0 Å². The standard InChI is InChI=1S/C11H7BrF3N3O2S/c12-7-2-1-6(11(13,14)15)5(9(7)20)3-16-18-10-17-8(19)4-21-10/h1-3,20H,4H2,(H,17,18,19). The lowest BCUT2D eigenvalue weighted by atomic mass is 10.1. The highest BCUT2D eigenvalue weighted by Crippen LogP contribution is 2.38. The number of thioether (sulfide) groups is 1. The van der Waals surface area contributed by atoms with Crippen LogP contribution in [0.5, 0.6) is 5.75 Å². The van der Waals surface area contributed by atoms with E-state index in [2.05, 4.69) is 31.4 Å². The highest BCUT2D eigenvalue weighted by atomic mass is 79.9. The number of phenolic OH excluding ortho intramolecular Hbond substituents is 1. The summed E-state index contributed by atoms with van der Waals surface area (Å²) in [7, 11) is 0. The van der Waals surface area contributed by atoms with Gasteiger partial charge in [0.1, 0.15) is 5.75 Å². The minimum atomic E-state index is -4.64. The van der Waals surface area contributed by atoms with Crippen LogP contribution in [-0.4, -0.2) is 28.1 Å². The maximum atomic E-state index is 12.9. The Morgan fingerprint density at radius 3 is 2.71 bits per heavy atom. The number of halogens is 4. The first-order valence-electron chi connectivity index (χ1n) is 5.41. The van der Waals surface area contributed by atoms with Crippen LogP contribution < -0.4 is 5.32 Å². The summed E-state index contributed by atoms with van der Waals surface area (Å²) < 4.78 is 38.7. The molecule has 1 amide bonds. The van der Waals surface area contributed by atoms with Crippen molar-refractivity contribution in [2.45, 2.75) is 6.18 Å². The summed E-state index contributed by atoms with van der Waals surface area (Å²) in [4.78, 5) is 10.9. The molecule has 1 aromatic rings. The summed E-state index contributed by atoms with van der Waals surface area (Å²) in [6.07, 6.45) is -3.84. The van der Waals surface area contributed by atoms with Crippen LogP contribution in [0.25, 0.3) is 0 Å². The average Bonchev–Trinajstić information content (AvgIpc) is 2.79. The van der Waals surface area contributed by atoms with E-state index in [9.17, 15) is 23.1 Å². The third-order valence-corrected chi connectivity index (χ3v) is 3.90. The van der Waals surface area contributed by atoms with Crippen LogP contribution in [0.3, 0.4) is 0 Å². The maximum Gasteiger partial charge on any atom is 0.417 e. The molecule has 1 aromatic carbocycles. The first-order valence-corrected chi connectivity index (χ1v) is 7.19. The average molecular weight is 382 g/mol. The molecule has 2 N–H and O–H groups in total. The Morgan fingerprint density at radius 2 is 2.14 bits per heavy atom. The second kappa shape index (κ2) is 6.06. The molecule has 0 atom stereocenters. The van der Waals surface area contributed by atoms with Crippen LogP contribution in [-0.2, 0) is 11.0 Å². The minimum Gasteiger partial charge on any atom is -0.506 e. The van der Waals surface area contributed by atoms with E-state index in [1.807, 2.05) is 0 Å². The topological polar surface area (TPSA) is 74.0 Å². The number of nitrogens with zero attached hydrogens (tertiary/aromatic N) is 2. The van der Waals surface area contributed by atoms with E-state index in [-0.39, 0.29) is 21.3 Å². The van der Waals surface area contributed by atoms with E-state index in [1.165, 1.54) is 0 Å². The Hall–Kier alpha value is -1.55. The van der Waals surface area contributed by atoms with Crippen molar-refractivity contribution in [3.05, 3.63) is 27.7 Å². The molecule has 10 heteroatoms. The lowest BCUT2D eigenvalue weighted by Gasteiger charge is -2.11. The van der Waals surface area contributed by atoms with Gasteiger partial charge in [-0.25, -0.2) is 0 Å². The minimum absolute atomic E-state index is 0.105. The number of amidine groups is 1. The predicted octanol–water partition coefficient (Wildman–Crippen LogP) is 2.73. The molecule has 0 saturated carbocycles. The van der Waals surface area contributed by atoms with E-state index in [0.717, 1.165) is 30.1 Å². The fourth-order valence-corrected chi connectivity index (χ4v) is 2.45. The van der Waals surface area contributed by atoms with Gasteiger partial charge in [0.15, 0.2) is 5.17 Å². The van der Waals surface area contributed by atoms with Gasteiger partial charge in [0.05, 0.1) is 22.0 Å². The molecular weight excluding hydrogens is 375 g/mol. The van der Waals surface area contributed by atoms with Crippen LogP contribution in [0, 0.1) is 0 Å². The number of amides is 1. The van der Waals surface area contributed by atoms with Crippen molar-refractivity contribution in [1.82, 2.24) is 5.32 Å². The highest BCUT2D eigenvalue weighted by molar-refractivity contribution is 9.10. The van der Waals surface area contributed by atoms with Gasteiger partial charge in [-0.1, -0.05) is 11.8 Å². The van der Waals surface area contributed by atoms with E-state index in [1.54, 1.807) is 0 Å². The zero-order chi connectivity index (χ0) is 15.6. The highest BCUT2D eigenvalue weighted by Gasteiger charge is 2.34. The monoisotopic (exact) mass is 381 g/mol. The van der Waals surface area contributed by atoms with Gasteiger partial charge < -0.3 is 10.4 Å². The van der Waals surface area contributed by atoms with Crippen molar-refractivity contribution in [3.8, 4) is 5.75 Å². The lowest BCUT2D eigenvalue weighted by molar-refractivity contribution is -0.137. The van der Waals surface area contributed by atoms with Gasteiger partial charge in [-0.3, -0.25) is 4.79 Å². The van der Waals surface area contributed by atoms with Crippen molar-refractivity contribution in [3.63, 3.8) is 0 Å². The molecule has 5 nitrogen and oxygen atoms in total. The van der Waals surface area contributed by atoms with Crippen LogP contribution in [0.4, 0.5) is 13.2 Å². The number of phenols is 1. The SMILES string of the molecule is O=C1CSC(=NN=Cc2c(C(F)(F)F)ccc(Br)c2O)N1. The number of carbonyl (C=O) groups is 1. The molecule has 0 aliphatic carbocycles. The van der Waals surface area contributed by atoms with E-state index in [4.69, 9.17) is 0 Å². The van der Waals surface area contributed by atoms with Crippen LogP contribution in [0.2, 0.25) is 0 Å². The lowest BCUT2D eigenvalue weighted by Crippen LogP contribution is -2.19. The molecule has 112 valence electrons. The number of aromatic hydroxyl groups is 1. The van der Waals surface area contributed by atoms with Crippen molar-refractivity contribution < 1.29 is 23.1 Å². The summed E-state index contributed by atoms with van der Waals surface area (Å²) in [5.74, 6) is -0.656. The first-order chi connectivity index (χ1) is 9.79. The number of hydrogen-bond donors (Lipinski definition) is 2. The van der Waals surface area contributed by atoms with Crippen LogP contribution in [0.15, 0.2) is 26.8 Å². The number of alkyl halides is 3. The van der Waals surface area contributed by atoms with Gasteiger partial charge in [0, 0.05) is 5.56 Å². The molecule has 0 bridgehead atoms. The van der Waals surface area contributed by atoms with Crippen LogP contribution >= 0.6 is 27.7 Å². The summed E-state index contributed by atoms with van der Waals surface area (Å²) in [6, 6.07) is 1.92. The van der Waals surface area contributed by atoms with Gasteiger partial charge >= 0.3 is 6.18 Å². The molecule has 1 fully saturated rings. The largest absolute Gasteiger partial charge is 0.506 e. The third kappa shape index (κ3) is 3.76. The van der Waals surface area contributed by atoms with Crippen LogP contribution in [0.1, 0.15) is 11.1 Å². The maximum absolute atomic E-state index is 12.9. The van der Waals surface area contributed by atoms with Crippen molar-refractivity contribution in [1.29, 1.82) is 0 Å². The molecule has 2 rings (SSSR count). The Labute approximate surface area is 129 Å². The first kappa shape index (κ1) is 15.8. The van der Waals surface area contributed by atoms with E-state index in [0.29, 0.717) is 0 Å². The summed E-state index contributed by atoms with van der Waals surface area (Å²) in [5.41, 5.74) is -1.54. The van der Waals surface area contributed by atoms with Crippen molar-refractivity contribution in [2.75, 3.05) is 5.75 Å². The number of nitrogens with one attached hydrogen (secondary N) is 1. The zero-order valence-corrected chi connectivity index (χ0v) is 12.5. The molecular formula is C11H7BrF3N3O2S. The molecule has 1 heterocycles. The van der Waals surface area contributed by atoms with Gasteiger partial charge in [0.25, 0.3) is 0 Å². The fourth-order valence-electron chi connectivity index (χ4n) is 1.48. The predicted molar refractivity (Wildman–Crippen MR) is 76.4 cm³/mol. The number of hydrogen-bond acceptors (Lipinski definition) is 5. The molecule has 1 aliphatic heterocycles. The molecule has 0 radical (unpaired) electrons. The van der Waals surface area contributed by atoms with Gasteiger partial charge in [-0.05, 0) is 28.1 Å². The van der Waals surface area contributed by atoms with Gasteiger partial charge in [0.2, 0.25) is 5.91 Å². The zero-order valence-electron chi connectivity index (χ0n) is 10.1. The molecule has 1 aliphatic rings.